The molecule has 0 fully saturated rings. The first kappa shape index (κ1) is 15.7. The Balaban J connectivity index is 2.80. The van der Waals surface area contributed by atoms with E-state index in [1.165, 1.54) is 0 Å². The number of hydrogen-bond donors (Lipinski definition) is 0. The normalized spacial score (nSPS) is 12.3. The van der Waals surface area contributed by atoms with E-state index in [1.807, 2.05) is 19.9 Å². The smallest absolute Gasteiger partial charge is 0.316 e. The number of carbonyl (C=O) groups excluding carboxylic acids is 2. The van der Waals surface area contributed by atoms with E-state index >= 15 is 0 Å². The maximum absolute atomic E-state index is 12.2. The zero-order chi connectivity index (χ0) is 14.4. The maximum Gasteiger partial charge on any atom is 0.316 e. The number of benzene rings is 1. The van der Waals surface area contributed by atoms with Crippen molar-refractivity contribution in [3.8, 4) is 0 Å². The van der Waals surface area contributed by atoms with Crippen LogP contribution in [0.15, 0.2) is 24.3 Å². The van der Waals surface area contributed by atoms with Gasteiger partial charge in [0.05, 0.1) is 6.61 Å². The monoisotopic (exact) mass is 282 g/mol. The highest BCUT2D eigenvalue weighted by atomic mass is 35.5. The minimum Gasteiger partial charge on any atom is -0.465 e. The van der Waals surface area contributed by atoms with Gasteiger partial charge in [-0.15, -0.1) is 0 Å². The number of carbonyl (C=O) groups is 2. The molecule has 0 spiro atoms. The van der Waals surface area contributed by atoms with Crippen molar-refractivity contribution in [1.29, 1.82) is 0 Å². The highest BCUT2D eigenvalue weighted by Gasteiger charge is 2.30. The number of ketones is 1. The van der Waals surface area contributed by atoms with Gasteiger partial charge in [0.2, 0.25) is 0 Å². The number of hydrogen-bond acceptors (Lipinski definition) is 3. The molecule has 0 N–H and O–H groups in total. The van der Waals surface area contributed by atoms with Crippen LogP contribution >= 0.6 is 11.6 Å². The van der Waals surface area contributed by atoms with Crippen molar-refractivity contribution < 1.29 is 14.3 Å². The molecule has 0 amide bonds. The average Bonchev–Trinajstić information content (AvgIpc) is 2.28. The molecule has 0 radical (unpaired) electrons. The largest absolute Gasteiger partial charge is 0.465 e. The first-order valence-electron chi connectivity index (χ1n) is 6.39. The molecule has 0 bridgehead atoms. The number of ether oxygens (including phenoxy) is 1. The Morgan fingerprint density at radius 2 is 2.00 bits per heavy atom. The van der Waals surface area contributed by atoms with Crippen LogP contribution in [0.4, 0.5) is 0 Å². The third-order valence-corrected chi connectivity index (χ3v) is 3.06. The summed E-state index contributed by atoms with van der Waals surface area (Å²) in [5, 5.41) is 0.586. The average molecular weight is 283 g/mol. The van der Waals surface area contributed by atoms with E-state index in [1.54, 1.807) is 25.1 Å². The van der Waals surface area contributed by atoms with Crippen molar-refractivity contribution in [3.63, 3.8) is 0 Å². The van der Waals surface area contributed by atoms with Crippen LogP contribution in [0.2, 0.25) is 5.02 Å². The van der Waals surface area contributed by atoms with Gasteiger partial charge < -0.3 is 4.74 Å². The molecular formula is C15H19ClO3. The van der Waals surface area contributed by atoms with E-state index in [2.05, 4.69) is 0 Å². The number of halogens is 1. The molecule has 3 nitrogen and oxygen atoms in total. The summed E-state index contributed by atoms with van der Waals surface area (Å²) in [6.07, 6.45) is 0.197. The van der Waals surface area contributed by atoms with Gasteiger partial charge in [0, 0.05) is 11.4 Å². The fraction of sp³-hybridized carbons (Fsp3) is 0.467. The minimum atomic E-state index is -0.709. The summed E-state index contributed by atoms with van der Waals surface area (Å²) in [4.78, 5) is 24.1. The van der Waals surface area contributed by atoms with Gasteiger partial charge in [-0.3, -0.25) is 9.59 Å². The molecular weight excluding hydrogens is 264 g/mol. The molecule has 0 aliphatic heterocycles. The van der Waals surface area contributed by atoms with Crippen LogP contribution < -0.4 is 0 Å². The molecule has 0 heterocycles. The number of rotatable bonds is 6. The molecule has 0 saturated heterocycles. The molecule has 1 rings (SSSR count). The molecule has 104 valence electrons. The first-order chi connectivity index (χ1) is 8.95. The zero-order valence-corrected chi connectivity index (χ0v) is 12.2. The van der Waals surface area contributed by atoms with Crippen LogP contribution in [0.3, 0.4) is 0 Å². The van der Waals surface area contributed by atoms with E-state index in [4.69, 9.17) is 16.3 Å². The topological polar surface area (TPSA) is 43.4 Å². The van der Waals surface area contributed by atoms with Crippen molar-refractivity contribution in [3.05, 3.63) is 34.9 Å². The Morgan fingerprint density at radius 3 is 2.53 bits per heavy atom. The number of esters is 1. The molecule has 1 aromatic rings. The molecule has 1 unspecified atom stereocenters. The Kier molecular flexibility index (Phi) is 6.03. The second-order valence-electron chi connectivity index (χ2n) is 4.75. The summed E-state index contributed by atoms with van der Waals surface area (Å²) in [6, 6.07) is 7.11. The van der Waals surface area contributed by atoms with Gasteiger partial charge in [-0.1, -0.05) is 37.6 Å². The van der Waals surface area contributed by atoms with Crippen molar-refractivity contribution >= 4 is 23.4 Å². The predicted octanol–water partition coefficient (Wildman–Crippen LogP) is 3.29. The lowest BCUT2D eigenvalue weighted by atomic mass is 9.88. The molecule has 19 heavy (non-hydrogen) atoms. The van der Waals surface area contributed by atoms with Crippen LogP contribution in [0.25, 0.3) is 0 Å². The van der Waals surface area contributed by atoms with Crippen LogP contribution in [0.1, 0.15) is 26.3 Å². The molecule has 0 aromatic heterocycles. The Bertz CT molecular complexity index is 454. The van der Waals surface area contributed by atoms with Crippen LogP contribution in [-0.4, -0.2) is 18.4 Å². The van der Waals surface area contributed by atoms with E-state index in [0.29, 0.717) is 5.02 Å². The Morgan fingerprint density at radius 1 is 1.32 bits per heavy atom. The second-order valence-corrected chi connectivity index (χ2v) is 5.18. The van der Waals surface area contributed by atoms with Gasteiger partial charge in [-0.05, 0) is 30.5 Å². The summed E-state index contributed by atoms with van der Waals surface area (Å²) < 4.78 is 4.96. The summed E-state index contributed by atoms with van der Waals surface area (Å²) in [5.74, 6) is -1.36. The quantitative estimate of drug-likeness (QED) is 0.594. The molecule has 4 heteroatoms. The lowest BCUT2D eigenvalue weighted by Crippen LogP contribution is -2.31. The van der Waals surface area contributed by atoms with E-state index in [-0.39, 0.29) is 24.7 Å². The van der Waals surface area contributed by atoms with Gasteiger partial charge in [0.25, 0.3) is 0 Å². The van der Waals surface area contributed by atoms with Gasteiger partial charge in [0.15, 0.2) is 5.78 Å². The fourth-order valence-electron chi connectivity index (χ4n) is 1.97. The molecule has 0 aliphatic rings. The molecule has 0 aliphatic carbocycles. The lowest BCUT2D eigenvalue weighted by Gasteiger charge is -2.17. The van der Waals surface area contributed by atoms with Crippen LogP contribution in [0, 0.1) is 11.8 Å². The SMILES string of the molecule is CCOC(=O)C(C(=O)Cc1cccc(Cl)c1)C(C)C. The van der Waals surface area contributed by atoms with E-state index in [0.717, 1.165) is 5.56 Å². The zero-order valence-electron chi connectivity index (χ0n) is 11.5. The number of Topliss-reactive ketones (excluding diaryl/α,β-unsaturated/α-hetero) is 1. The highest BCUT2D eigenvalue weighted by Crippen LogP contribution is 2.18. The third kappa shape index (κ3) is 4.67. The molecule has 1 aromatic carbocycles. The predicted molar refractivity (Wildman–Crippen MR) is 75.1 cm³/mol. The van der Waals surface area contributed by atoms with E-state index in [9.17, 15) is 9.59 Å². The summed E-state index contributed by atoms with van der Waals surface area (Å²) >= 11 is 5.88. The Labute approximate surface area is 118 Å². The summed E-state index contributed by atoms with van der Waals surface area (Å²) in [7, 11) is 0. The van der Waals surface area contributed by atoms with Crippen molar-refractivity contribution in [2.75, 3.05) is 6.61 Å². The van der Waals surface area contributed by atoms with Crippen LogP contribution in [0.5, 0.6) is 0 Å². The molecule has 1 atom stereocenters. The molecule has 0 saturated carbocycles. The first-order valence-corrected chi connectivity index (χ1v) is 6.77. The van der Waals surface area contributed by atoms with Gasteiger partial charge in [0.1, 0.15) is 5.92 Å². The standard InChI is InChI=1S/C15H19ClO3/c1-4-19-15(18)14(10(2)3)13(17)9-11-6-5-7-12(16)8-11/h5-8,10,14H,4,9H2,1-3H3. The highest BCUT2D eigenvalue weighted by molar-refractivity contribution is 6.30. The summed E-state index contributed by atoms with van der Waals surface area (Å²) in [6.45, 7) is 5.71. The second kappa shape index (κ2) is 7.29. The van der Waals surface area contributed by atoms with Gasteiger partial charge in [-0.25, -0.2) is 0 Å². The van der Waals surface area contributed by atoms with E-state index < -0.39 is 11.9 Å². The van der Waals surface area contributed by atoms with Crippen LogP contribution in [-0.2, 0) is 20.7 Å². The fourth-order valence-corrected chi connectivity index (χ4v) is 2.18. The lowest BCUT2D eigenvalue weighted by molar-refractivity contribution is -0.153. The van der Waals surface area contributed by atoms with Crippen molar-refractivity contribution in [1.82, 2.24) is 0 Å². The van der Waals surface area contributed by atoms with Gasteiger partial charge in [-0.2, -0.15) is 0 Å². The third-order valence-electron chi connectivity index (χ3n) is 2.82. The maximum atomic E-state index is 12.2. The minimum absolute atomic E-state index is 0.0780. The van der Waals surface area contributed by atoms with Gasteiger partial charge >= 0.3 is 5.97 Å². The Hall–Kier alpha value is -1.35. The van der Waals surface area contributed by atoms with Crippen molar-refractivity contribution in [2.24, 2.45) is 11.8 Å². The summed E-state index contributed by atoms with van der Waals surface area (Å²) in [5.41, 5.74) is 0.812. The van der Waals surface area contributed by atoms with Crippen molar-refractivity contribution in [2.45, 2.75) is 27.2 Å².